The fourth-order valence-corrected chi connectivity index (χ4v) is 4.04. The molecule has 134 valence electrons. The third-order valence-corrected chi connectivity index (χ3v) is 5.21. The number of hydrogen-bond donors (Lipinski definition) is 2. The third kappa shape index (κ3) is 4.61. The summed E-state index contributed by atoms with van der Waals surface area (Å²) < 4.78 is 53.4. The molecule has 25 heavy (non-hydrogen) atoms. The number of sulfonamides is 1. The molecule has 1 amide bonds. The summed E-state index contributed by atoms with van der Waals surface area (Å²) in [6.45, 7) is 4.62. The Labute approximate surface area is 145 Å². The van der Waals surface area contributed by atoms with Crippen molar-refractivity contribution in [3.8, 4) is 0 Å². The zero-order valence-corrected chi connectivity index (χ0v) is 14.8. The van der Waals surface area contributed by atoms with Gasteiger partial charge in [-0.3, -0.25) is 4.79 Å². The third-order valence-electron chi connectivity index (χ3n) is 3.50. The van der Waals surface area contributed by atoms with E-state index in [1.165, 1.54) is 0 Å². The predicted molar refractivity (Wildman–Crippen MR) is 90.8 cm³/mol. The quantitative estimate of drug-likeness (QED) is 0.852. The minimum Gasteiger partial charge on any atom is -0.322 e. The molecule has 0 aliphatic rings. The van der Waals surface area contributed by atoms with Gasteiger partial charge in [0.2, 0.25) is 15.9 Å². The fourth-order valence-electron chi connectivity index (χ4n) is 2.61. The maximum atomic E-state index is 13.5. The van der Waals surface area contributed by atoms with Crippen LogP contribution in [-0.4, -0.2) is 20.9 Å². The van der Waals surface area contributed by atoms with E-state index in [1.54, 1.807) is 26.0 Å². The highest BCUT2D eigenvalue weighted by atomic mass is 32.2. The van der Waals surface area contributed by atoms with Gasteiger partial charge in [-0.2, -0.15) is 0 Å². The number of carbonyl (C=O) groups excluding carboxylic acids is 1. The van der Waals surface area contributed by atoms with Crippen molar-refractivity contribution >= 4 is 21.6 Å². The van der Waals surface area contributed by atoms with Crippen LogP contribution in [0.4, 0.5) is 14.5 Å². The summed E-state index contributed by atoms with van der Waals surface area (Å²) >= 11 is 0. The first-order valence-electron chi connectivity index (χ1n) is 7.42. The van der Waals surface area contributed by atoms with Gasteiger partial charge in [0.1, 0.15) is 11.6 Å². The molecule has 0 saturated heterocycles. The smallest absolute Gasteiger partial charge is 0.241 e. The summed E-state index contributed by atoms with van der Waals surface area (Å²) in [6.07, 6.45) is 0. The second-order valence-corrected chi connectivity index (χ2v) is 7.43. The van der Waals surface area contributed by atoms with Crippen LogP contribution in [0.2, 0.25) is 0 Å². The van der Waals surface area contributed by atoms with E-state index in [1.807, 2.05) is 6.92 Å². The van der Waals surface area contributed by atoms with Crippen LogP contribution < -0.4 is 10.0 Å². The Bertz CT molecular complexity index is 904. The van der Waals surface area contributed by atoms with Crippen LogP contribution in [0.1, 0.15) is 16.7 Å². The maximum Gasteiger partial charge on any atom is 0.241 e. The minimum absolute atomic E-state index is 0.110. The molecular weight excluding hydrogens is 350 g/mol. The Morgan fingerprint density at radius 2 is 1.64 bits per heavy atom. The first-order valence-corrected chi connectivity index (χ1v) is 8.91. The van der Waals surface area contributed by atoms with Gasteiger partial charge >= 0.3 is 0 Å². The number of halogens is 2. The van der Waals surface area contributed by atoms with E-state index in [0.717, 1.165) is 17.7 Å². The number of rotatable bonds is 5. The number of amides is 1. The van der Waals surface area contributed by atoms with E-state index in [0.29, 0.717) is 17.2 Å². The maximum absolute atomic E-state index is 13.5. The number of nitrogens with one attached hydrogen (secondary N) is 2. The molecule has 0 aliphatic heterocycles. The molecule has 2 aromatic rings. The fraction of sp³-hybridized carbons (Fsp3) is 0.235. The SMILES string of the molecule is Cc1cc(C)c(S(=O)(=O)NCC(=O)Nc2ccc(F)cc2F)c(C)c1. The van der Waals surface area contributed by atoms with Gasteiger partial charge < -0.3 is 5.32 Å². The molecule has 0 saturated carbocycles. The van der Waals surface area contributed by atoms with Gasteiger partial charge in [-0.05, 0) is 44.0 Å². The molecule has 0 aromatic heterocycles. The van der Waals surface area contributed by atoms with Crippen LogP contribution >= 0.6 is 0 Å². The summed E-state index contributed by atoms with van der Waals surface area (Å²) in [5.74, 6) is -2.49. The summed E-state index contributed by atoms with van der Waals surface area (Å²) in [5.41, 5.74) is 1.83. The molecule has 0 spiro atoms. The second-order valence-electron chi connectivity index (χ2n) is 5.72. The number of carbonyl (C=O) groups is 1. The highest BCUT2D eigenvalue weighted by molar-refractivity contribution is 7.89. The van der Waals surface area contributed by atoms with Crippen LogP contribution in [0.25, 0.3) is 0 Å². The summed E-state index contributed by atoms with van der Waals surface area (Å²) in [7, 11) is -3.91. The molecule has 0 aliphatic carbocycles. The molecule has 0 atom stereocenters. The van der Waals surface area contributed by atoms with Crippen LogP contribution in [-0.2, 0) is 14.8 Å². The van der Waals surface area contributed by atoms with Gasteiger partial charge in [-0.1, -0.05) is 17.7 Å². The largest absolute Gasteiger partial charge is 0.322 e. The Morgan fingerprint density at radius 3 is 2.20 bits per heavy atom. The van der Waals surface area contributed by atoms with Gasteiger partial charge in [0, 0.05) is 6.07 Å². The number of anilines is 1. The van der Waals surface area contributed by atoms with E-state index in [4.69, 9.17) is 0 Å². The summed E-state index contributed by atoms with van der Waals surface area (Å²) in [4.78, 5) is 12.0. The number of benzene rings is 2. The van der Waals surface area contributed by atoms with Crippen molar-refractivity contribution in [2.24, 2.45) is 0 Å². The van der Waals surface area contributed by atoms with Crippen molar-refractivity contribution in [2.45, 2.75) is 25.7 Å². The van der Waals surface area contributed by atoms with Crippen molar-refractivity contribution in [3.05, 3.63) is 58.7 Å². The molecule has 2 aromatic carbocycles. The lowest BCUT2D eigenvalue weighted by atomic mass is 10.1. The summed E-state index contributed by atoms with van der Waals surface area (Å²) in [5, 5.41) is 2.19. The van der Waals surface area contributed by atoms with E-state index >= 15 is 0 Å². The molecule has 2 N–H and O–H groups in total. The Balaban J connectivity index is 2.11. The van der Waals surface area contributed by atoms with E-state index < -0.39 is 34.1 Å². The Kier molecular flexibility index (Phi) is 5.54. The van der Waals surface area contributed by atoms with E-state index in [2.05, 4.69) is 10.0 Å². The average molecular weight is 368 g/mol. The normalized spacial score (nSPS) is 11.4. The molecule has 2 rings (SSSR count). The second kappa shape index (κ2) is 7.28. The van der Waals surface area contributed by atoms with Gasteiger partial charge in [0.15, 0.2) is 0 Å². The number of aryl methyl sites for hydroxylation is 3. The van der Waals surface area contributed by atoms with Crippen LogP contribution in [0.5, 0.6) is 0 Å². The van der Waals surface area contributed by atoms with Crippen molar-refractivity contribution in [1.29, 1.82) is 0 Å². The van der Waals surface area contributed by atoms with Crippen molar-refractivity contribution in [2.75, 3.05) is 11.9 Å². The van der Waals surface area contributed by atoms with Crippen molar-refractivity contribution in [1.82, 2.24) is 4.72 Å². The standard InChI is InChI=1S/C17H18F2N2O3S/c1-10-6-11(2)17(12(3)7-10)25(23,24)20-9-16(22)21-15-5-4-13(18)8-14(15)19/h4-8,20H,9H2,1-3H3,(H,21,22). The lowest BCUT2D eigenvalue weighted by Gasteiger charge is -2.13. The Morgan fingerprint density at radius 1 is 1.04 bits per heavy atom. The van der Waals surface area contributed by atoms with Gasteiger partial charge in [0.25, 0.3) is 0 Å². The number of hydrogen-bond acceptors (Lipinski definition) is 3. The van der Waals surface area contributed by atoms with E-state index in [9.17, 15) is 22.0 Å². The molecule has 5 nitrogen and oxygen atoms in total. The van der Waals surface area contributed by atoms with Gasteiger partial charge in [-0.25, -0.2) is 21.9 Å². The van der Waals surface area contributed by atoms with Crippen LogP contribution in [0.3, 0.4) is 0 Å². The highest BCUT2D eigenvalue weighted by Gasteiger charge is 2.21. The Hall–Kier alpha value is -2.32. The molecule has 0 bridgehead atoms. The van der Waals surface area contributed by atoms with E-state index in [-0.39, 0.29) is 10.6 Å². The lowest BCUT2D eigenvalue weighted by Crippen LogP contribution is -2.33. The highest BCUT2D eigenvalue weighted by Crippen LogP contribution is 2.21. The van der Waals surface area contributed by atoms with Crippen molar-refractivity contribution in [3.63, 3.8) is 0 Å². The predicted octanol–water partition coefficient (Wildman–Crippen LogP) is 2.81. The van der Waals surface area contributed by atoms with Crippen molar-refractivity contribution < 1.29 is 22.0 Å². The average Bonchev–Trinajstić information content (AvgIpc) is 2.47. The van der Waals surface area contributed by atoms with Gasteiger partial charge in [-0.15, -0.1) is 0 Å². The molecule has 8 heteroatoms. The molecule has 0 radical (unpaired) electrons. The van der Waals surface area contributed by atoms with Crippen LogP contribution in [0.15, 0.2) is 35.2 Å². The minimum atomic E-state index is -3.91. The lowest BCUT2D eigenvalue weighted by molar-refractivity contribution is -0.115. The molecule has 0 heterocycles. The zero-order chi connectivity index (χ0) is 18.8. The zero-order valence-electron chi connectivity index (χ0n) is 14.0. The van der Waals surface area contributed by atoms with Gasteiger partial charge in [0.05, 0.1) is 17.1 Å². The first kappa shape index (κ1) is 19.0. The topological polar surface area (TPSA) is 75.3 Å². The molecule has 0 unspecified atom stereocenters. The summed E-state index contributed by atoms with van der Waals surface area (Å²) in [6, 6.07) is 6.14. The molecular formula is C17H18F2N2O3S. The van der Waals surface area contributed by atoms with Crippen LogP contribution in [0, 0.1) is 32.4 Å². The molecule has 0 fully saturated rings. The first-order chi connectivity index (χ1) is 11.6. The monoisotopic (exact) mass is 368 g/mol.